The minimum Gasteiger partial charge on any atom is -0.388 e. The average molecular weight is 403 g/mol. The molecule has 0 bridgehead atoms. The summed E-state index contributed by atoms with van der Waals surface area (Å²) in [5.74, 6) is -0.852. The van der Waals surface area contributed by atoms with Gasteiger partial charge >= 0.3 is 0 Å². The maximum atomic E-state index is 13.9. The third-order valence-corrected chi connectivity index (χ3v) is 4.43. The Morgan fingerprint density at radius 1 is 1.10 bits per heavy atom. The third-order valence-electron chi connectivity index (χ3n) is 3.22. The topological polar surface area (TPSA) is 46.2 Å². The molecule has 106 valence electrons. The molecule has 0 saturated heterocycles. The molecule has 2 nitrogen and oxygen atoms in total. The third kappa shape index (κ3) is 3.28. The van der Waals surface area contributed by atoms with Crippen molar-refractivity contribution in [3.63, 3.8) is 0 Å². The number of aliphatic hydroxyl groups excluding tert-OH is 1. The molecule has 0 aromatic heterocycles. The Labute approximate surface area is 134 Å². The van der Waals surface area contributed by atoms with Crippen LogP contribution in [0.15, 0.2) is 51.4 Å². The highest BCUT2D eigenvalue weighted by molar-refractivity contribution is 9.11. The van der Waals surface area contributed by atoms with Crippen molar-refractivity contribution in [3.05, 3.63) is 68.4 Å². The van der Waals surface area contributed by atoms with E-state index in [-0.39, 0.29) is 12.4 Å². The van der Waals surface area contributed by atoms with Gasteiger partial charge in [0, 0.05) is 21.4 Å². The molecule has 0 radical (unpaired) electrons. The van der Waals surface area contributed by atoms with Crippen LogP contribution in [-0.2, 0) is 0 Å². The molecule has 0 aliphatic heterocycles. The molecule has 0 saturated carbocycles. The van der Waals surface area contributed by atoms with Gasteiger partial charge < -0.3 is 10.8 Å². The van der Waals surface area contributed by atoms with Crippen molar-refractivity contribution in [1.82, 2.24) is 0 Å². The Balaban J connectivity index is 2.41. The van der Waals surface area contributed by atoms with E-state index in [0.29, 0.717) is 11.1 Å². The van der Waals surface area contributed by atoms with Crippen LogP contribution in [0.4, 0.5) is 4.39 Å². The molecule has 2 rings (SSSR count). The Morgan fingerprint density at radius 3 is 2.45 bits per heavy atom. The van der Waals surface area contributed by atoms with Gasteiger partial charge in [0.2, 0.25) is 0 Å². The minimum atomic E-state index is -0.885. The van der Waals surface area contributed by atoms with Crippen LogP contribution in [0, 0.1) is 5.82 Å². The van der Waals surface area contributed by atoms with Crippen molar-refractivity contribution in [1.29, 1.82) is 0 Å². The summed E-state index contributed by atoms with van der Waals surface area (Å²) < 4.78 is 15.5. The van der Waals surface area contributed by atoms with E-state index in [4.69, 9.17) is 5.73 Å². The van der Waals surface area contributed by atoms with Crippen LogP contribution in [0.3, 0.4) is 0 Å². The first kappa shape index (κ1) is 15.6. The van der Waals surface area contributed by atoms with Crippen LogP contribution in [0.1, 0.15) is 23.1 Å². The Kier molecular flexibility index (Phi) is 5.32. The molecule has 2 aromatic rings. The van der Waals surface area contributed by atoms with Gasteiger partial charge in [-0.05, 0) is 35.4 Å². The summed E-state index contributed by atoms with van der Waals surface area (Å²) in [5, 5.41) is 10.6. The monoisotopic (exact) mass is 401 g/mol. The Bertz CT molecular complexity index is 606. The highest BCUT2D eigenvalue weighted by Crippen LogP contribution is 2.36. The first-order chi connectivity index (χ1) is 9.54. The molecule has 2 atom stereocenters. The zero-order valence-electron chi connectivity index (χ0n) is 10.6. The van der Waals surface area contributed by atoms with Gasteiger partial charge in [0.1, 0.15) is 5.82 Å². The number of hydrogen-bond acceptors (Lipinski definition) is 2. The van der Waals surface area contributed by atoms with E-state index in [1.54, 1.807) is 24.3 Å². The normalized spacial score (nSPS) is 14.1. The number of rotatable bonds is 4. The minimum absolute atomic E-state index is 0.154. The lowest BCUT2D eigenvalue weighted by molar-refractivity contribution is 0.145. The van der Waals surface area contributed by atoms with Gasteiger partial charge in [-0.3, -0.25) is 0 Å². The van der Waals surface area contributed by atoms with Crippen molar-refractivity contribution < 1.29 is 9.50 Å². The second kappa shape index (κ2) is 6.80. The van der Waals surface area contributed by atoms with Crippen LogP contribution in [0.25, 0.3) is 0 Å². The van der Waals surface area contributed by atoms with Gasteiger partial charge in [0.05, 0.1) is 6.10 Å². The summed E-state index contributed by atoms with van der Waals surface area (Å²) in [7, 11) is 0. The fourth-order valence-electron chi connectivity index (χ4n) is 2.16. The lowest BCUT2D eigenvalue weighted by atomic mass is 9.89. The largest absolute Gasteiger partial charge is 0.388 e. The van der Waals surface area contributed by atoms with Crippen LogP contribution in [-0.4, -0.2) is 11.7 Å². The quantitative estimate of drug-likeness (QED) is 0.807. The predicted molar refractivity (Wildman–Crippen MR) is 85.0 cm³/mol. The van der Waals surface area contributed by atoms with Crippen molar-refractivity contribution in [2.75, 3.05) is 6.54 Å². The molecule has 0 aliphatic carbocycles. The maximum absolute atomic E-state index is 13.9. The summed E-state index contributed by atoms with van der Waals surface area (Å²) in [6.07, 6.45) is -0.885. The highest BCUT2D eigenvalue weighted by Gasteiger charge is 2.25. The number of aliphatic hydroxyl groups is 1. The van der Waals surface area contributed by atoms with Crippen molar-refractivity contribution in [2.45, 2.75) is 12.0 Å². The van der Waals surface area contributed by atoms with Gasteiger partial charge in [-0.1, -0.05) is 50.1 Å². The zero-order valence-corrected chi connectivity index (χ0v) is 13.7. The average Bonchev–Trinajstić information content (AvgIpc) is 2.44. The molecule has 2 unspecified atom stereocenters. The van der Waals surface area contributed by atoms with Crippen LogP contribution in [0.2, 0.25) is 0 Å². The fourth-order valence-corrected chi connectivity index (χ4v) is 3.02. The molecule has 0 heterocycles. The van der Waals surface area contributed by atoms with Crippen LogP contribution >= 0.6 is 31.9 Å². The summed E-state index contributed by atoms with van der Waals surface area (Å²) >= 11 is 6.77. The molecule has 2 aromatic carbocycles. The summed E-state index contributed by atoms with van der Waals surface area (Å²) in [4.78, 5) is 0. The molecule has 0 amide bonds. The summed E-state index contributed by atoms with van der Waals surface area (Å²) in [6.45, 7) is 0.154. The smallest absolute Gasteiger partial charge is 0.126 e. The lowest BCUT2D eigenvalue weighted by Crippen LogP contribution is -2.21. The van der Waals surface area contributed by atoms with Gasteiger partial charge in [0.25, 0.3) is 0 Å². The van der Waals surface area contributed by atoms with E-state index in [1.165, 1.54) is 6.07 Å². The second-order valence-electron chi connectivity index (χ2n) is 4.47. The Hall–Kier alpha value is -0.750. The number of nitrogens with two attached hydrogens (primary N) is 1. The fraction of sp³-hybridized carbons (Fsp3) is 0.200. The predicted octanol–water partition coefficient (Wildman–Crippen LogP) is 4.13. The molecular formula is C15H14Br2FNO. The SMILES string of the molecule is NCC(c1ccccc1F)C(O)c1cc(Br)ccc1Br. The molecule has 0 aliphatic rings. The zero-order chi connectivity index (χ0) is 14.7. The number of hydrogen-bond donors (Lipinski definition) is 2. The first-order valence-electron chi connectivity index (χ1n) is 6.12. The standard InChI is InChI=1S/C15H14Br2FNO/c16-9-5-6-13(17)11(7-9)15(20)12(8-19)10-3-1-2-4-14(10)18/h1-7,12,15,20H,8,19H2. The van der Waals surface area contributed by atoms with Gasteiger partial charge in [-0.25, -0.2) is 4.39 Å². The number of benzene rings is 2. The summed E-state index contributed by atoms with van der Waals surface area (Å²) in [5.41, 5.74) is 6.85. The van der Waals surface area contributed by atoms with E-state index >= 15 is 0 Å². The van der Waals surface area contributed by atoms with Crippen molar-refractivity contribution in [3.8, 4) is 0 Å². The van der Waals surface area contributed by atoms with Crippen LogP contribution in [0.5, 0.6) is 0 Å². The molecule has 3 N–H and O–H groups in total. The van der Waals surface area contributed by atoms with E-state index in [2.05, 4.69) is 31.9 Å². The van der Waals surface area contributed by atoms with Gasteiger partial charge in [-0.15, -0.1) is 0 Å². The van der Waals surface area contributed by atoms with Crippen LogP contribution < -0.4 is 5.73 Å². The van der Waals surface area contributed by atoms with E-state index in [9.17, 15) is 9.50 Å². The Morgan fingerprint density at radius 2 is 1.80 bits per heavy atom. The lowest BCUT2D eigenvalue weighted by Gasteiger charge is -2.23. The molecular weight excluding hydrogens is 389 g/mol. The van der Waals surface area contributed by atoms with Crippen molar-refractivity contribution in [2.24, 2.45) is 5.73 Å². The molecule has 0 spiro atoms. The first-order valence-corrected chi connectivity index (χ1v) is 7.70. The second-order valence-corrected chi connectivity index (χ2v) is 6.24. The van der Waals surface area contributed by atoms with E-state index < -0.39 is 12.0 Å². The molecule has 5 heteroatoms. The van der Waals surface area contributed by atoms with Gasteiger partial charge in [0.15, 0.2) is 0 Å². The maximum Gasteiger partial charge on any atom is 0.126 e. The molecule has 0 fully saturated rings. The molecule has 20 heavy (non-hydrogen) atoms. The van der Waals surface area contributed by atoms with Crippen molar-refractivity contribution >= 4 is 31.9 Å². The van der Waals surface area contributed by atoms with Gasteiger partial charge in [-0.2, -0.15) is 0 Å². The van der Waals surface area contributed by atoms with E-state index in [0.717, 1.165) is 8.95 Å². The number of halogens is 3. The summed E-state index contributed by atoms with van der Waals surface area (Å²) in [6, 6.07) is 11.9. The highest BCUT2D eigenvalue weighted by atomic mass is 79.9. The van der Waals surface area contributed by atoms with E-state index in [1.807, 2.05) is 12.1 Å².